The summed E-state index contributed by atoms with van der Waals surface area (Å²) in [5, 5.41) is 3.48. The highest BCUT2D eigenvalue weighted by Crippen LogP contribution is 2.30. The Morgan fingerprint density at radius 3 is 2.20 bits per heavy atom. The van der Waals surface area contributed by atoms with Crippen LogP contribution in [0.2, 0.25) is 0 Å². The van der Waals surface area contributed by atoms with E-state index in [0.29, 0.717) is 11.5 Å². The number of nitrogens with one attached hydrogen (secondary N) is 1. The van der Waals surface area contributed by atoms with E-state index < -0.39 is 0 Å². The molecule has 1 heteroatoms. The molecule has 0 spiro atoms. The molecule has 0 radical (unpaired) electrons. The van der Waals surface area contributed by atoms with Gasteiger partial charge in [0, 0.05) is 6.04 Å². The fourth-order valence-electron chi connectivity index (χ4n) is 2.89. The van der Waals surface area contributed by atoms with Gasteiger partial charge in [0.2, 0.25) is 0 Å². The molecular weight excluding hydrogens is 182 g/mol. The van der Waals surface area contributed by atoms with Crippen molar-refractivity contribution < 1.29 is 0 Å². The van der Waals surface area contributed by atoms with Gasteiger partial charge in [-0.15, -0.1) is 0 Å². The first kappa shape index (κ1) is 13.0. The van der Waals surface area contributed by atoms with Gasteiger partial charge in [-0.3, -0.25) is 0 Å². The monoisotopic (exact) mass is 211 g/mol. The zero-order chi connectivity index (χ0) is 11.3. The first-order valence-electron chi connectivity index (χ1n) is 6.71. The summed E-state index contributed by atoms with van der Waals surface area (Å²) in [5.74, 6) is 1.02. The SMILES string of the molecule is CNC(CCC1CCCCC1)C(C)(C)C. The Bertz CT molecular complexity index is 163. The van der Waals surface area contributed by atoms with E-state index in [-0.39, 0.29) is 0 Å². The van der Waals surface area contributed by atoms with Crippen molar-refractivity contribution in [1.82, 2.24) is 5.32 Å². The van der Waals surface area contributed by atoms with Crippen molar-refractivity contribution in [3.63, 3.8) is 0 Å². The van der Waals surface area contributed by atoms with E-state index in [0.717, 1.165) is 5.92 Å². The predicted molar refractivity (Wildman–Crippen MR) is 68.1 cm³/mol. The fourth-order valence-corrected chi connectivity index (χ4v) is 2.89. The van der Waals surface area contributed by atoms with Crippen LogP contribution >= 0.6 is 0 Å². The summed E-state index contributed by atoms with van der Waals surface area (Å²) in [6, 6.07) is 0.680. The molecule has 1 aliphatic carbocycles. The van der Waals surface area contributed by atoms with E-state index in [1.54, 1.807) is 0 Å². The summed E-state index contributed by atoms with van der Waals surface area (Å²) in [5.41, 5.74) is 0.406. The van der Waals surface area contributed by atoms with E-state index in [1.807, 2.05) is 0 Å². The van der Waals surface area contributed by atoms with Gasteiger partial charge in [-0.25, -0.2) is 0 Å². The number of hydrogen-bond acceptors (Lipinski definition) is 1. The summed E-state index contributed by atoms with van der Waals surface area (Å²) >= 11 is 0. The van der Waals surface area contributed by atoms with E-state index in [2.05, 4.69) is 33.1 Å². The van der Waals surface area contributed by atoms with Crippen molar-refractivity contribution >= 4 is 0 Å². The standard InChI is InChI=1S/C14H29N/c1-14(2,3)13(15-4)11-10-12-8-6-5-7-9-12/h12-13,15H,5-11H2,1-4H3. The topological polar surface area (TPSA) is 12.0 Å². The maximum absolute atomic E-state index is 3.48. The zero-order valence-corrected chi connectivity index (χ0v) is 11.1. The minimum atomic E-state index is 0.406. The molecule has 0 aliphatic heterocycles. The van der Waals surface area contributed by atoms with Crippen LogP contribution in [0.5, 0.6) is 0 Å². The van der Waals surface area contributed by atoms with Crippen molar-refractivity contribution in [3.8, 4) is 0 Å². The Hall–Kier alpha value is -0.0400. The molecular formula is C14H29N. The minimum absolute atomic E-state index is 0.406. The van der Waals surface area contributed by atoms with E-state index in [4.69, 9.17) is 0 Å². The summed E-state index contributed by atoms with van der Waals surface area (Å²) in [7, 11) is 2.11. The molecule has 0 aromatic carbocycles. The van der Waals surface area contributed by atoms with Crippen molar-refractivity contribution in [2.24, 2.45) is 11.3 Å². The lowest BCUT2D eigenvalue weighted by Crippen LogP contribution is -2.38. The van der Waals surface area contributed by atoms with Gasteiger partial charge in [-0.2, -0.15) is 0 Å². The molecule has 1 N–H and O–H groups in total. The Morgan fingerprint density at radius 2 is 1.73 bits per heavy atom. The molecule has 15 heavy (non-hydrogen) atoms. The summed E-state index contributed by atoms with van der Waals surface area (Å²) in [4.78, 5) is 0. The minimum Gasteiger partial charge on any atom is -0.316 e. The summed E-state index contributed by atoms with van der Waals surface area (Å²) < 4.78 is 0. The summed E-state index contributed by atoms with van der Waals surface area (Å²) in [6.07, 6.45) is 10.2. The molecule has 1 aliphatic rings. The van der Waals surface area contributed by atoms with Crippen LogP contribution in [0.4, 0.5) is 0 Å². The van der Waals surface area contributed by atoms with Gasteiger partial charge in [0.15, 0.2) is 0 Å². The first-order chi connectivity index (χ1) is 7.04. The third-order valence-electron chi connectivity index (χ3n) is 3.98. The highest BCUT2D eigenvalue weighted by atomic mass is 14.9. The van der Waals surface area contributed by atoms with Crippen LogP contribution in [0.15, 0.2) is 0 Å². The molecule has 1 atom stereocenters. The van der Waals surface area contributed by atoms with Gasteiger partial charge >= 0.3 is 0 Å². The summed E-state index contributed by atoms with van der Waals surface area (Å²) in [6.45, 7) is 7.03. The van der Waals surface area contributed by atoms with Gasteiger partial charge < -0.3 is 5.32 Å². The van der Waals surface area contributed by atoms with Gasteiger partial charge in [0.1, 0.15) is 0 Å². The molecule has 0 aromatic heterocycles. The van der Waals surface area contributed by atoms with Crippen LogP contribution in [0.1, 0.15) is 65.7 Å². The van der Waals surface area contributed by atoms with Crippen LogP contribution in [-0.4, -0.2) is 13.1 Å². The lowest BCUT2D eigenvalue weighted by Gasteiger charge is -2.32. The Balaban J connectivity index is 2.27. The number of hydrogen-bond donors (Lipinski definition) is 1. The van der Waals surface area contributed by atoms with Crippen molar-refractivity contribution in [2.45, 2.75) is 71.8 Å². The van der Waals surface area contributed by atoms with Crippen molar-refractivity contribution in [1.29, 1.82) is 0 Å². The fraction of sp³-hybridized carbons (Fsp3) is 1.00. The normalized spacial score (nSPS) is 21.6. The van der Waals surface area contributed by atoms with E-state index in [1.165, 1.54) is 44.9 Å². The highest BCUT2D eigenvalue weighted by Gasteiger charge is 2.24. The smallest absolute Gasteiger partial charge is 0.0113 e. The third kappa shape index (κ3) is 4.55. The average molecular weight is 211 g/mol. The first-order valence-corrected chi connectivity index (χ1v) is 6.71. The maximum atomic E-state index is 3.48. The van der Waals surface area contributed by atoms with Gasteiger partial charge in [0.05, 0.1) is 0 Å². The van der Waals surface area contributed by atoms with Crippen LogP contribution in [0.25, 0.3) is 0 Å². The predicted octanol–water partition coefficient (Wildman–Crippen LogP) is 3.98. The van der Waals surface area contributed by atoms with Crippen LogP contribution < -0.4 is 5.32 Å². The quantitative estimate of drug-likeness (QED) is 0.741. The Morgan fingerprint density at radius 1 is 1.13 bits per heavy atom. The third-order valence-corrected chi connectivity index (χ3v) is 3.98. The van der Waals surface area contributed by atoms with Crippen LogP contribution in [-0.2, 0) is 0 Å². The molecule has 1 fully saturated rings. The Labute approximate surface area is 96.0 Å². The highest BCUT2D eigenvalue weighted by molar-refractivity contribution is 4.80. The average Bonchev–Trinajstić information content (AvgIpc) is 2.18. The molecule has 0 heterocycles. The van der Waals surface area contributed by atoms with Crippen LogP contribution in [0.3, 0.4) is 0 Å². The molecule has 1 saturated carbocycles. The van der Waals surface area contributed by atoms with Gasteiger partial charge in [-0.05, 0) is 31.2 Å². The van der Waals surface area contributed by atoms with Crippen molar-refractivity contribution in [2.75, 3.05) is 7.05 Å². The van der Waals surface area contributed by atoms with Gasteiger partial charge in [-0.1, -0.05) is 52.9 Å². The zero-order valence-electron chi connectivity index (χ0n) is 11.1. The molecule has 0 bridgehead atoms. The van der Waals surface area contributed by atoms with Gasteiger partial charge in [0.25, 0.3) is 0 Å². The second-order valence-corrected chi connectivity index (χ2v) is 6.29. The molecule has 0 aromatic rings. The molecule has 1 unspecified atom stereocenters. The molecule has 1 rings (SSSR count). The Kier molecular flexibility index (Phi) is 5.11. The molecule has 1 nitrogen and oxygen atoms in total. The van der Waals surface area contributed by atoms with Crippen LogP contribution in [0, 0.1) is 11.3 Å². The number of rotatable bonds is 4. The van der Waals surface area contributed by atoms with E-state index in [9.17, 15) is 0 Å². The maximum Gasteiger partial charge on any atom is 0.0113 e. The lowest BCUT2D eigenvalue weighted by atomic mass is 9.79. The molecule has 90 valence electrons. The lowest BCUT2D eigenvalue weighted by molar-refractivity contribution is 0.235. The molecule has 0 saturated heterocycles. The second-order valence-electron chi connectivity index (χ2n) is 6.29. The molecule has 0 amide bonds. The van der Waals surface area contributed by atoms with E-state index >= 15 is 0 Å². The van der Waals surface area contributed by atoms with Crippen molar-refractivity contribution in [3.05, 3.63) is 0 Å². The second kappa shape index (κ2) is 5.89. The largest absolute Gasteiger partial charge is 0.316 e.